The summed E-state index contributed by atoms with van der Waals surface area (Å²) in [7, 11) is 3.24. The molecule has 0 radical (unpaired) electrons. The summed E-state index contributed by atoms with van der Waals surface area (Å²) < 4.78 is 10.4. The normalized spacial score (nSPS) is 11.1. The predicted octanol–water partition coefficient (Wildman–Crippen LogP) is 1.74. The molecule has 17 heavy (non-hydrogen) atoms. The number of anilines is 1. The van der Waals surface area contributed by atoms with Crippen molar-refractivity contribution < 1.29 is 9.47 Å². The first-order valence-electron chi connectivity index (χ1n) is 5.55. The lowest BCUT2D eigenvalue weighted by molar-refractivity contribution is 0.225. The van der Waals surface area contributed by atoms with Gasteiger partial charge in [0.2, 0.25) is 5.95 Å². The fraction of sp³-hybridized carbons (Fsp3) is 0.727. The molecular weight excluding hydrogens is 220 g/mol. The third kappa shape index (κ3) is 4.84. The van der Waals surface area contributed by atoms with Crippen LogP contribution in [-0.4, -0.2) is 35.7 Å². The summed E-state index contributed by atoms with van der Waals surface area (Å²) in [6.45, 7) is 7.04. The van der Waals surface area contributed by atoms with E-state index in [-0.39, 0.29) is 17.4 Å². The van der Waals surface area contributed by atoms with Crippen LogP contribution in [-0.2, 0) is 0 Å². The SMILES string of the molecule is CNc1nc(OC)nc(OCCC(C)(C)C)n1. The molecule has 1 heterocycles. The highest BCUT2D eigenvalue weighted by atomic mass is 16.5. The van der Waals surface area contributed by atoms with E-state index < -0.39 is 0 Å². The molecule has 6 nitrogen and oxygen atoms in total. The fourth-order valence-electron chi connectivity index (χ4n) is 1.05. The van der Waals surface area contributed by atoms with Crippen LogP contribution in [0.4, 0.5) is 5.95 Å². The minimum atomic E-state index is 0.225. The van der Waals surface area contributed by atoms with Crippen LogP contribution < -0.4 is 14.8 Å². The van der Waals surface area contributed by atoms with Crippen LogP contribution >= 0.6 is 0 Å². The van der Waals surface area contributed by atoms with Gasteiger partial charge in [0, 0.05) is 7.05 Å². The molecule has 1 rings (SSSR count). The Hall–Kier alpha value is -1.59. The molecule has 6 heteroatoms. The van der Waals surface area contributed by atoms with Gasteiger partial charge in [-0.3, -0.25) is 0 Å². The van der Waals surface area contributed by atoms with Crippen molar-refractivity contribution in [3.63, 3.8) is 0 Å². The zero-order valence-corrected chi connectivity index (χ0v) is 11.1. The predicted molar refractivity (Wildman–Crippen MR) is 65.5 cm³/mol. The van der Waals surface area contributed by atoms with Crippen LogP contribution in [0.25, 0.3) is 0 Å². The van der Waals surface area contributed by atoms with Gasteiger partial charge in [0.05, 0.1) is 13.7 Å². The summed E-state index contributed by atoms with van der Waals surface area (Å²) in [6.07, 6.45) is 0.926. The van der Waals surface area contributed by atoms with E-state index in [1.54, 1.807) is 7.05 Å². The van der Waals surface area contributed by atoms with E-state index in [1.165, 1.54) is 7.11 Å². The average molecular weight is 240 g/mol. The van der Waals surface area contributed by atoms with Crippen LogP contribution in [0.3, 0.4) is 0 Å². The van der Waals surface area contributed by atoms with Crippen molar-refractivity contribution in [1.82, 2.24) is 15.0 Å². The molecule has 0 saturated heterocycles. The summed E-state index contributed by atoms with van der Waals surface area (Å²) in [4.78, 5) is 12.1. The lowest BCUT2D eigenvalue weighted by Crippen LogP contribution is -2.13. The molecule has 0 amide bonds. The molecule has 0 aliphatic heterocycles. The van der Waals surface area contributed by atoms with E-state index in [9.17, 15) is 0 Å². The first-order chi connectivity index (χ1) is 7.94. The third-order valence-corrected chi connectivity index (χ3v) is 2.08. The number of aromatic nitrogens is 3. The summed E-state index contributed by atoms with van der Waals surface area (Å²) in [5.74, 6) is 0.433. The summed E-state index contributed by atoms with van der Waals surface area (Å²) in [5.41, 5.74) is 0.225. The van der Waals surface area contributed by atoms with Crippen molar-refractivity contribution in [1.29, 1.82) is 0 Å². The quantitative estimate of drug-likeness (QED) is 0.845. The van der Waals surface area contributed by atoms with Gasteiger partial charge in [0.15, 0.2) is 0 Å². The fourth-order valence-corrected chi connectivity index (χ4v) is 1.05. The molecule has 0 unspecified atom stereocenters. The Labute approximate surface area is 102 Å². The third-order valence-electron chi connectivity index (χ3n) is 2.08. The number of nitrogens with zero attached hydrogens (tertiary/aromatic N) is 3. The smallest absolute Gasteiger partial charge is 0.324 e. The molecule has 0 fully saturated rings. The van der Waals surface area contributed by atoms with E-state index in [0.717, 1.165) is 6.42 Å². The van der Waals surface area contributed by atoms with Gasteiger partial charge in [-0.05, 0) is 11.8 Å². The molecular formula is C11H20N4O2. The van der Waals surface area contributed by atoms with Crippen LogP contribution in [0, 0.1) is 5.41 Å². The van der Waals surface area contributed by atoms with Crippen molar-refractivity contribution in [2.45, 2.75) is 27.2 Å². The van der Waals surface area contributed by atoms with Crippen molar-refractivity contribution in [2.24, 2.45) is 5.41 Å². The molecule has 1 aromatic rings. The van der Waals surface area contributed by atoms with Gasteiger partial charge in [-0.25, -0.2) is 0 Å². The molecule has 1 N–H and O–H groups in total. The highest BCUT2D eigenvalue weighted by Crippen LogP contribution is 2.19. The topological polar surface area (TPSA) is 69.2 Å². The van der Waals surface area contributed by atoms with E-state index in [1.807, 2.05) is 0 Å². The Morgan fingerprint density at radius 3 is 2.29 bits per heavy atom. The monoisotopic (exact) mass is 240 g/mol. The zero-order chi connectivity index (χ0) is 12.9. The molecule has 0 spiro atoms. The van der Waals surface area contributed by atoms with Gasteiger partial charge in [-0.1, -0.05) is 20.8 Å². The minimum absolute atomic E-state index is 0.225. The second kappa shape index (κ2) is 5.65. The minimum Gasteiger partial charge on any atom is -0.467 e. The van der Waals surface area contributed by atoms with Gasteiger partial charge in [0.25, 0.3) is 0 Å². The van der Waals surface area contributed by atoms with E-state index in [2.05, 4.69) is 41.0 Å². The van der Waals surface area contributed by atoms with E-state index in [0.29, 0.717) is 12.6 Å². The molecule has 1 aromatic heterocycles. The Kier molecular flexibility index (Phi) is 4.48. The summed E-state index contributed by atoms with van der Waals surface area (Å²) >= 11 is 0. The average Bonchev–Trinajstić information content (AvgIpc) is 2.26. The van der Waals surface area contributed by atoms with Gasteiger partial charge in [0.1, 0.15) is 0 Å². The van der Waals surface area contributed by atoms with Crippen molar-refractivity contribution in [3.8, 4) is 12.0 Å². The Balaban J connectivity index is 2.64. The lowest BCUT2D eigenvalue weighted by Gasteiger charge is -2.17. The molecule has 0 bridgehead atoms. The van der Waals surface area contributed by atoms with Gasteiger partial charge in [-0.15, -0.1) is 4.98 Å². The van der Waals surface area contributed by atoms with Gasteiger partial charge < -0.3 is 14.8 Å². The van der Waals surface area contributed by atoms with Crippen molar-refractivity contribution in [3.05, 3.63) is 0 Å². The molecule has 0 aliphatic carbocycles. The van der Waals surface area contributed by atoms with Crippen LogP contribution in [0.2, 0.25) is 0 Å². The van der Waals surface area contributed by atoms with Crippen LogP contribution in [0.15, 0.2) is 0 Å². The maximum absolute atomic E-state index is 5.48. The van der Waals surface area contributed by atoms with E-state index >= 15 is 0 Å². The Morgan fingerprint density at radius 1 is 1.12 bits per heavy atom. The Bertz CT molecular complexity index is 341. The second-order valence-corrected chi connectivity index (χ2v) is 4.84. The summed E-state index contributed by atoms with van der Waals surface area (Å²) in [6, 6.07) is 0.528. The maximum atomic E-state index is 5.48. The standard InChI is InChI=1S/C11H20N4O2/c1-11(2,3)6-7-17-10-14-8(12-4)13-9(15-10)16-5/h6-7H2,1-5H3,(H,12,13,14,15). The maximum Gasteiger partial charge on any atom is 0.324 e. The Morgan fingerprint density at radius 2 is 1.76 bits per heavy atom. The molecule has 0 saturated carbocycles. The highest BCUT2D eigenvalue weighted by molar-refractivity contribution is 5.26. The number of hydrogen-bond donors (Lipinski definition) is 1. The molecule has 0 aromatic carbocycles. The number of ether oxygens (including phenoxy) is 2. The second-order valence-electron chi connectivity index (χ2n) is 4.84. The zero-order valence-electron chi connectivity index (χ0n) is 11.1. The first kappa shape index (κ1) is 13.5. The van der Waals surface area contributed by atoms with E-state index in [4.69, 9.17) is 9.47 Å². The van der Waals surface area contributed by atoms with Gasteiger partial charge >= 0.3 is 12.0 Å². The van der Waals surface area contributed by atoms with Crippen LogP contribution in [0.5, 0.6) is 12.0 Å². The van der Waals surface area contributed by atoms with Crippen LogP contribution in [0.1, 0.15) is 27.2 Å². The molecule has 0 aliphatic rings. The number of rotatable bonds is 5. The summed E-state index contributed by atoms with van der Waals surface area (Å²) in [5, 5.41) is 2.83. The first-order valence-corrected chi connectivity index (χ1v) is 5.55. The van der Waals surface area contributed by atoms with Gasteiger partial charge in [-0.2, -0.15) is 9.97 Å². The number of methoxy groups -OCH3 is 1. The van der Waals surface area contributed by atoms with Crippen molar-refractivity contribution >= 4 is 5.95 Å². The van der Waals surface area contributed by atoms with Crippen molar-refractivity contribution in [2.75, 3.05) is 26.1 Å². The number of hydrogen-bond acceptors (Lipinski definition) is 6. The lowest BCUT2D eigenvalue weighted by atomic mass is 9.93. The highest BCUT2D eigenvalue weighted by Gasteiger charge is 2.12. The molecule has 0 atom stereocenters. The largest absolute Gasteiger partial charge is 0.467 e. The molecule has 96 valence electrons. The number of nitrogens with one attached hydrogen (secondary N) is 1.